The lowest BCUT2D eigenvalue weighted by Gasteiger charge is -2.44. The van der Waals surface area contributed by atoms with Crippen LogP contribution in [-0.2, 0) is 21.4 Å². The number of hydrogen-bond donors (Lipinski definition) is 3. The number of unbranched alkanes of at least 4 members (excludes halogenated alkanes) is 1. The summed E-state index contributed by atoms with van der Waals surface area (Å²) in [6.07, 6.45) is 19.1. The highest BCUT2D eigenvalue weighted by atomic mass is 32.1. The summed E-state index contributed by atoms with van der Waals surface area (Å²) in [6, 6.07) is 0. The Morgan fingerprint density at radius 3 is 2.67 bits per heavy atom. The number of esters is 1. The van der Waals surface area contributed by atoms with E-state index in [-0.39, 0.29) is 29.5 Å². The molecule has 4 fully saturated rings. The Balaban J connectivity index is 1.30. The predicted octanol–water partition coefficient (Wildman–Crippen LogP) is 8.00. The summed E-state index contributed by atoms with van der Waals surface area (Å²) in [5.41, 5.74) is 2.34. The van der Waals surface area contributed by atoms with Crippen LogP contribution in [0, 0.1) is 28.6 Å². The Bertz CT molecular complexity index is 1310. The lowest BCUT2D eigenvalue weighted by Crippen LogP contribution is -2.39. The smallest absolute Gasteiger partial charge is 0.314 e. The van der Waals surface area contributed by atoms with Gasteiger partial charge >= 0.3 is 5.97 Å². The molecule has 1 aromatic rings. The fourth-order valence-corrected chi connectivity index (χ4v) is 10.2. The minimum absolute atomic E-state index is 0.198. The molecule has 1 aromatic heterocycles. The second kappa shape index (κ2) is 14.4. The number of carbonyl (C=O) groups is 1. The van der Waals surface area contributed by atoms with Crippen molar-refractivity contribution in [3.63, 3.8) is 0 Å². The molecule has 4 saturated carbocycles. The first-order chi connectivity index (χ1) is 21.8. The standard InChI is InChI=1S/C39H59NO5S/c1-7-8-11-30-23-40-35(46-30)39(19-20-39)34(45-36(44)37(4,5)24-41)17-12-25(2)31-15-16-32-27(10-9-18-38(31,32)6)13-14-28-21-29(42)22-33(43)26(28)3/h13-14,23,25,29,31-34,41-43H,3,7-12,15-22,24H2,1-2,4-6H3/b27-13+,28-14-/t25-,29-,31-,32+,33+,34+,38-/m1/s1. The fraction of sp³-hybridized carbons (Fsp3) is 0.744. The van der Waals surface area contributed by atoms with E-state index in [1.165, 1.54) is 36.1 Å². The van der Waals surface area contributed by atoms with Gasteiger partial charge in [0, 0.05) is 17.5 Å². The Labute approximate surface area is 281 Å². The molecule has 0 unspecified atom stereocenters. The van der Waals surface area contributed by atoms with Crippen LogP contribution >= 0.6 is 11.3 Å². The first-order valence-corrected chi connectivity index (χ1v) is 18.9. The summed E-state index contributed by atoms with van der Waals surface area (Å²) >= 11 is 1.80. The van der Waals surface area contributed by atoms with Gasteiger partial charge < -0.3 is 20.1 Å². The van der Waals surface area contributed by atoms with Crippen LogP contribution in [0.4, 0.5) is 0 Å². The van der Waals surface area contributed by atoms with E-state index in [0.717, 1.165) is 67.5 Å². The van der Waals surface area contributed by atoms with Crippen molar-refractivity contribution in [2.45, 2.75) is 148 Å². The van der Waals surface area contributed by atoms with Crippen molar-refractivity contribution in [1.29, 1.82) is 0 Å². The van der Waals surface area contributed by atoms with Gasteiger partial charge in [0.1, 0.15) is 11.1 Å². The molecule has 4 aliphatic carbocycles. The van der Waals surface area contributed by atoms with Gasteiger partial charge in [-0.3, -0.25) is 4.79 Å². The number of aliphatic hydroxyl groups excluding tert-OH is 3. The van der Waals surface area contributed by atoms with Crippen LogP contribution in [0.1, 0.15) is 128 Å². The molecule has 0 aliphatic heterocycles. The molecule has 7 atom stereocenters. The first kappa shape index (κ1) is 35.5. The number of fused-ring (bicyclic) bond motifs is 1. The zero-order valence-electron chi connectivity index (χ0n) is 29.0. The van der Waals surface area contributed by atoms with E-state index in [4.69, 9.17) is 9.72 Å². The summed E-state index contributed by atoms with van der Waals surface area (Å²) in [6.45, 7) is 14.5. The first-order valence-electron chi connectivity index (χ1n) is 18.1. The molecule has 6 nitrogen and oxygen atoms in total. The van der Waals surface area contributed by atoms with Gasteiger partial charge in [-0.25, -0.2) is 4.98 Å². The number of thiazole rings is 1. The number of hydrogen-bond acceptors (Lipinski definition) is 7. The van der Waals surface area contributed by atoms with Crippen molar-refractivity contribution < 1.29 is 24.9 Å². The van der Waals surface area contributed by atoms with Gasteiger partial charge in [-0.1, -0.05) is 51.5 Å². The number of carbonyl (C=O) groups excluding carboxylic acids is 1. The number of rotatable bonds is 13. The molecule has 0 aromatic carbocycles. The van der Waals surface area contributed by atoms with Gasteiger partial charge in [0.15, 0.2) is 0 Å². The fourth-order valence-electron chi connectivity index (χ4n) is 8.91. The van der Waals surface area contributed by atoms with E-state index < -0.39 is 17.6 Å². The van der Waals surface area contributed by atoms with Gasteiger partial charge in [0.05, 0.1) is 29.6 Å². The maximum absolute atomic E-state index is 13.3. The van der Waals surface area contributed by atoms with Gasteiger partial charge in [-0.15, -0.1) is 11.3 Å². The van der Waals surface area contributed by atoms with Crippen LogP contribution in [0.25, 0.3) is 0 Å². The summed E-state index contributed by atoms with van der Waals surface area (Å²) in [4.78, 5) is 19.5. The second-order valence-corrected chi connectivity index (χ2v) is 17.2. The highest BCUT2D eigenvalue weighted by Gasteiger charge is 2.56. The molecule has 7 heteroatoms. The minimum Gasteiger partial charge on any atom is -0.461 e. The number of aryl methyl sites for hydroxylation is 1. The van der Waals surface area contributed by atoms with Gasteiger partial charge in [-0.05, 0) is 125 Å². The molecular formula is C39H59NO5S. The molecule has 0 saturated heterocycles. The summed E-state index contributed by atoms with van der Waals surface area (Å²) in [7, 11) is 0. The highest BCUT2D eigenvalue weighted by Crippen LogP contribution is 2.61. The predicted molar refractivity (Wildman–Crippen MR) is 186 cm³/mol. The summed E-state index contributed by atoms with van der Waals surface area (Å²) in [5.74, 6) is 1.33. The molecule has 1 heterocycles. The molecule has 0 bridgehead atoms. The average Bonchev–Trinajstić information content (AvgIpc) is 3.54. The van der Waals surface area contributed by atoms with E-state index in [9.17, 15) is 20.1 Å². The molecule has 46 heavy (non-hydrogen) atoms. The molecule has 0 radical (unpaired) electrons. The second-order valence-electron chi connectivity index (χ2n) is 16.0. The van der Waals surface area contributed by atoms with Crippen LogP contribution in [0.2, 0.25) is 0 Å². The monoisotopic (exact) mass is 653 g/mol. The van der Waals surface area contributed by atoms with E-state index in [1.54, 1.807) is 25.2 Å². The molecular weight excluding hydrogens is 594 g/mol. The molecule has 256 valence electrons. The third-order valence-corrected chi connectivity index (χ3v) is 13.5. The topological polar surface area (TPSA) is 99.9 Å². The molecule has 4 aliphatic rings. The van der Waals surface area contributed by atoms with Crippen molar-refractivity contribution in [1.82, 2.24) is 4.98 Å². The molecule has 3 N–H and O–H groups in total. The number of ether oxygens (including phenoxy) is 1. The minimum atomic E-state index is -0.929. The molecule has 5 rings (SSSR count). The third kappa shape index (κ3) is 7.28. The molecule has 0 spiro atoms. The lowest BCUT2D eigenvalue weighted by atomic mass is 9.60. The van der Waals surface area contributed by atoms with Crippen molar-refractivity contribution in [3.8, 4) is 0 Å². The number of aromatic nitrogens is 1. The zero-order chi connectivity index (χ0) is 33.3. The van der Waals surface area contributed by atoms with E-state index in [2.05, 4.69) is 39.5 Å². The Hall–Kier alpha value is -1.80. The SMILES string of the molecule is C=C1/C(=C\C=C2/CCC[C@]3(C)[C@@H]([C@H](C)CC[C@H](OC(=O)C(C)(C)CO)C4(c5ncc(CCCC)s5)CC4)CC[C@@H]23)C[C@@H](O)C[C@@H]1O. The highest BCUT2D eigenvalue weighted by molar-refractivity contribution is 7.11. The van der Waals surface area contributed by atoms with E-state index >= 15 is 0 Å². The van der Waals surface area contributed by atoms with Gasteiger partial charge in [0.25, 0.3) is 0 Å². The normalized spacial score (nSPS) is 32.4. The average molecular weight is 654 g/mol. The Kier molecular flexibility index (Phi) is 11.1. The van der Waals surface area contributed by atoms with Crippen molar-refractivity contribution in [2.24, 2.45) is 28.6 Å². The maximum atomic E-state index is 13.3. The summed E-state index contributed by atoms with van der Waals surface area (Å²) < 4.78 is 6.36. The van der Waals surface area contributed by atoms with E-state index in [0.29, 0.717) is 30.6 Å². The van der Waals surface area contributed by atoms with E-state index in [1.807, 2.05) is 6.20 Å². The van der Waals surface area contributed by atoms with Crippen molar-refractivity contribution in [2.75, 3.05) is 6.61 Å². The van der Waals surface area contributed by atoms with Crippen LogP contribution in [0.5, 0.6) is 0 Å². The Morgan fingerprint density at radius 1 is 1.22 bits per heavy atom. The zero-order valence-corrected chi connectivity index (χ0v) is 29.8. The Morgan fingerprint density at radius 2 is 1.98 bits per heavy atom. The van der Waals surface area contributed by atoms with Crippen molar-refractivity contribution >= 4 is 17.3 Å². The number of aliphatic hydroxyl groups is 3. The quantitative estimate of drug-likeness (QED) is 0.187. The molecule has 0 amide bonds. The van der Waals surface area contributed by atoms with Gasteiger partial charge in [0.2, 0.25) is 0 Å². The van der Waals surface area contributed by atoms with Crippen LogP contribution in [-0.4, -0.2) is 51.2 Å². The van der Waals surface area contributed by atoms with Gasteiger partial charge in [-0.2, -0.15) is 0 Å². The third-order valence-electron chi connectivity index (χ3n) is 12.2. The number of nitrogens with zero attached hydrogens (tertiary/aromatic N) is 1. The lowest BCUT2D eigenvalue weighted by molar-refractivity contribution is -0.164. The largest absolute Gasteiger partial charge is 0.461 e. The van der Waals surface area contributed by atoms with Crippen LogP contribution < -0.4 is 0 Å². The maximum Gasteiger partial charge on any atom is 0.314 e. The van der Waals surface area contributed by atoms with Crippen LogP contribution in [0.3, 0.4) is 0 Å². The van der Waals surface area contributed by atoms with Crippen molar-refractivity contribution in [3.05, 3.63) is 51.5 Å². The summed E-state index contributed by atoms with van der Waals surface area (Å²) in [5, 5.41) is 31.6. The van der Waals surface area contributed by atoms with Crippen LogP contribution in [0.15, 0.2) is 41.6 Å². The number of allylic oxidation sites excluding steroid dienone is 3.